The summed E-state index contributed by atoms with van der Waals surface area (Å²) in [5, 5.41) is 4.00. The van der Waals surface area contributed by atoms with Gasteiger partial charge in [-0.25, -0.2) is 0 Å². The van der Waals surface area contributed by atoms with Crippen molar-refractivity contribution >= 4 is 0 Å². The van der Waals surface area contributed by atoms with Crippen molar-refractivity contribution < 1.29 is 9.26 Å². The second-order valence-electron chi connectivity index (χ2n) is 5.75. The standard InChI is InChI=1S/C14H25N3O2/c1-3-4-5-9-12-16-13(17-19-12)14(2,15)10-18-11-7-6-8-11/h11H,3-10,15H2,1-2H3. The molecule has 1 atom stereocenters. The van der Waals surface area contributed by atoms with E-state index in [1.54, 1.807) is 0 Å². The first-order chi connectivity index (χ1) is 9.12. The van der Waals surface area contributed by atoms with Gasteiger partial charge in [-0.2, -0.15) is 4.98 Å². The van der Waals surface area contributed by atoms with Crippen LogP contribution in [-0.4, -0.2) is 22.9 Å². The molecule has 108 valence electrons. The minimum absolute atomic E-state index is 0.374. The highest BCUT2D eigenvalue weighted by atomic mass is 16.5. The summed E-state index contributed by atoms with van der Waals surface area (Å²) in [5.74, 6) is 1.24. The molecule has 19 heavy (non-hydrogen) atoms. The van der Waals surface area contributed by atoms with E-state index >= 15 is 0 Å². The summed E-state index contributed by atoms with van der Waals surface area (Å²) in [6.45, 7) is 4.52. The topological polar surface area (TPSA) is 74.2 Å². The molecular formula is C14H25N3O2. The zero-order chi connectivity index (χ0) is 13.7. The predicted molar refractivity (Wildman–Crippen MR) is 72.7 cm³/mol. The average molecular weight is 267 g/mol. The molecule has 2 N–H and O–H groups in total. The molecule has 5 heteroatoms. The van der Waals surface area contributed by atoms with Crippen LogP contribution in [0.15, 0.2) is 4.52 Å². The second kappa shape index (κ2) is 6.48. The molecule has 1 aromatic heterocycles. The van der Waals surface area contributed by atoms with Crippen LogP contribution in [0, 0.1) is 0 Å². The van der Waals surface area contributed by atoms with Crippen LogP contribution in [0.1, 0.15) is 64.1 Å². The lowest BCUT2D eigenvalue weighted by atomic mass is 9.95. The molecule has 1 fully saturated rings. The van der Waals surface area contributed by atoms with E-state index in [-0.39, 0.29) is 0 Å². The Bertz CT molecular complexity index is 386. The minimum Gasteiger partial charge on any atom is -0.376 e. The quantitative estimate of drug-likeness (QED) is 0.733. The summed E-state index contributed by atoms with van der Waals surface area (Å²) < 4.78 is 11.0. The number of hydrogen-bond acceptors (Lipinski definition) is 5. The van der Waals surface area contributed by atoms with Crippen molar-refractivity contribution in [1.29, 1.82) is 0 Å². The lowest BCUT2D eigenvalue weighted by Crippen LogP contribution is -2.41. The number of nitrogens with zero attached hydrogens (tertiary/aromatic N) is 2. The molecule has 0 aromatic carbocycles. The van der Waals surface area contributed by atoms with Gasteiger partial charge in [-0.3, -0.25) is 0 Å². The number of unbranched alkanes of at least 4 members (excludes halogenated alkanes) is 2. The monoisotopic (exact) mass is 267 g/mol. The Morgan fingerprint density at radius 3 is 2.84 bits per heavy atom. The smallest absolute Gasteiger partial charge is 0.226 e. The fourth-order valence-electron chi connectivity index (χ4n) is 2.01. The first-order valence-corrected chi connectivity index (χ1v) is 7.35. The van der Waals surface area contributed by atoms with Crippen molar-refractivity contribution in [3.63, 3.8) is 0 Å². The Kier molecular flexibility index (Phi) is 4.93. The van der Waals surface area contributed by atoms with Gasteiger partial charge in [-0.15, -0.1) is 0 Å². The second-order valence-corrected chi connectivity index (χ2v) is 5.75. The summed E-state index contributed by atoms with van der Waals surface area (Å²) in [6, 6.07) is 0. The van der Waals surface area contributed by atoms with E-state index < -0.39 is 5.54 Å². The molecule has 0 aliphatic heterocycles. The summed E-state index contributed by atoms with van der Waals surface area (Å²) in [6.07, 6.45) is 8.20. The average Bonchev–Trinajstić information content (AvgIpc) is 2.76. The van der Waals surface area contributed by atoms with Gasteiger partial charge in [-0.05, 0) is 32.6 Å². The zero-order valence-corrected chi connectivity index (χ0v) is 12.0. The van der Waals surface area contributed by atoms with Crippen LogP contribution in [0.2, 0.25) is 0 Å². The molecule has 0 radical (unpaired) electrons. The highest BCUT2D eigenvalue weighted by molar-refractivity contribution is 5.02. The van der Waals surface area contributed by atoms with Crippen LogP contribution in [-0.2, 0) is 16.7 Å². The van der Waals surface area contributed by atoms with Crippen molar-refractivity contribution in [2.45, 2.75) is 70.4 Å². The molecule has 1 saturated carbocycles. The number of hydrogen-bond donors (Lipinski definition) is 1. The van der Waals surface area contributed by atoms with E-state index in [4.69, 9.17) is 15.0 Å². The fourth-order valence-corrected chi connectivity index (χ4v) is 2.01. The first-order valence-electron chi connectivity index (χ1n) is 7.35. The van der Waals surface area contributed by atoms with Gasteiger partial charge in [-0.1, -0.05) is 24.9 Å². The minimum atomic E-state index is -0.665. The fraction of sp³-hybridized carbons (Fsp3) is 0.857. The van der Waals surface area contributed by atoms with E-state index in [9.17, 15) is 0 Å². The van der Waals surface area contributed by atoms with Crippen LogP contribution >= 0.6 is 0 Å². The molecule has 0 saturated heterocycles. The Labute approximate surface area is 114 Å². The maximum Gasteiger partial charge on any atom is 0.226 e. The molecule has 1 aliphatic rings. The normalized spacial score (nSPS) is 19.1. The highest BCUT2D eigenvalue weighted by Crippen LogP contribution is 2.24. The predicted octanol–water partition coefficient (Wildman–Crippen LogP) is 2.55. The molecule has 1 unspecified atom stereocenters. The molecule has 0 spiro atoms. The van der Waals surface area contributed by atoms with Gasteiger partial charge in [0.15, 0.2) is 5.82 Å². The largest absolute Gasteiger partial charge is 0.376 e. The SMILES string of the molecule is CCCCCc1nc(C(C)(N)COC2CCC2)no1. The lowest BCUT2D eigenvalue weighted by Gasteiger charge is -2.29. The number of aromatic nitrogens is 2. The Morgan fingerprint density at radius 2 is 2.21 bits per heavy atom. The van der Waals surface area contributed by atoms with E-state index in [0.29, 0.717) is 24.4 Å². The van der Waals surface area contributed by atoms with Crippen LogP contribution in [0.3, 0.4) is 0 Å². The van der Waals surface area contributed by atoms with Crippen molar-refractivity contribution in [1.82, 2.24) is 10.1 Å². The number of rotatable bonds is 8. The maximum atomic E-state index is 6.22. The van der Waals surface area contributed by atoms with Crippen molar-refractivity contribution in [2.75, 3.05) is 6.61 Å². The van der Waals surface area contributed by atoms with Gasteiger partial charge in [0, 0.05) is 6.42 Å². The van der Waals surface area contributed by atoms with Crippen LogP contribution in [0.4, 0.5) is 0 Å². The van der Waals surface area contributed by atoms with Crippen LogP contribution < -0.4 is 5.73 Å². The third kappa shape index (κ3) is 4.01. The van der Waals surface area contributed by atoms with Gasteiger partial charge < -0.3 is 15.0 Å². The van der Waals surface area contributed by atoms with Crippen LogP contribution in [0.25, 0.3) is 0 Å². The van der Waals surface area contributed by atoms with Crippen LogP contribution in [0.5, 0.6) is 0 Å². The molecular weight excluding hydrogens is 242 g/mol. The van der Waals surface area contributed by atoms with Gasteiger partial charge in [0.2, 0.25) is 5.89 Å². The lowest BCUT2D eigenvalue weighted by molar-refractivity contribution is -0.0222. The van der Waals surface area contributed by atoms with Gasteiger partial charge >= 0.3 is 0 Å². The summed E-state index contributed by atoms with van der Waals surface area (Å²) in [5.41, 5.74) is 5.56. The van der Waals surface area contributed by atoms with Gasteiger partial charge in [0.1, 0.15) is 5.54 Å². The summed E-state index contributed by atoms with van der Waals surface area (Å²) in [7, 11) is 0. The van der Waals surface area contributed by atoms with E-state index in [1.165, 1.54) is 19.3 Å². The molecule has 0 bridgehead atoms. The van der Waals surface area contributed by atoms with Crippen molar-refractivity contribution in [3.8, 4) is 0 Å². The Balaban J connectivity index is 1.84. The molecule has 1 heterocycles. The Hall–Kier alpha value is -0.940. The molecule has 2 rings (SSSR count). The van der Waals surface area contributed by atoms with E-state index in [1.807, 2.05) is 6.92 Å². The van der Waals surface area contributed by atoms with Gasteiger partial charge in [0.05, 0.1) is 12.7 Å². The maximum absolute atomic E-state index is 6.22. The van der Waals surface area contributed by atoms with Crippen molar-refractivity contribution in [3.05, 3.63) is 11.7 Å². The summed E-state index contributed by atoms with van der Waals surface area (Å²) in [4.78, 5) is 4.39. The highest BCUT2D eigenvalue weighted by Gasteiger charge is 2.30. The van der Waals surface area contributed by atoms with E-state index in [2.05, 4.69) is 17.1 Å². The van der Waals surface area contributed by atoms with Crippen molar-refractivity contribution in [2.24, 2.45) is 5.73 Å². The molecule has 5 nitrogen and oxygen atoms in total. The zero-order valence-electron chi connectivity index (χ0n) is 12.0. The Morgan fingerprint density at radius 1 is 1.42 bits per heavy atom. The van der Waals surface area contributed by atoms with Gasteiger partial charge in [0.25, 0.3) is 0 Å². The number of ether oxygens (including phenoxy) is 1. The summed E-state index contributed by atoms with van der Waals surface area (Å²) >= 11 is 0. The third-order valence-corrected chi connectivity index (χ3v) is 3.64. The number of aryl methyl sites for hydroxylation is 1. The first kappa shape index (κ1) is 14.5. The third-order valence-electron chi connectivity index (χ3n) is 3.64. The van der Waals surface area contributed by atoms with E-state index in [0.717, 1.165) is 25.7 Å². The molecule has 1 aliphatic carbocycles. The molecule has 1 aromatic rings. The molecule has 0 amide bonds. The number of nitrogens with two attached hydrogens (primary N) is 1.